The smallest absolute Gasteiger partial charge is 0.283 e. The Kier molecular flexibility index (Phi) is 3.57. The third-order valence-electron chi connectivity index (χ3n) is 2.35. The molecule has 1 N–H and O–H groups in total. The summed E-state index contributed by atoms with van der Waals surface area (Å²) >= 11 is 0. The predicted molar refractivity (Wildman–Crippen MR) is 63.4 cm³/mol. The Morgan fingerprint density at radius 1 is 1.06 bits per heavy atom. The van der Waals surface area contributed by atoms with Crippen LogP contribution >= 0.6 is 0 Å². The average Bonchev–Trinajstić information content (AvgIpc) is 2.38. The molecule has 0 bridgehead atoms. The van der Waals surface area contributed by atoms with E-state index in [-0.39, 0.29) is 18.8 Å². The van der Waals surface area contributed by atoms with Crippen LogP contribution in [0.1, 0.15) is 11.3 Å². The third kappa shape index (κ3) is 2.73. The summed E-state index contributed by atoms with van der Waals surface area (Å²) in [6.45, 7) is 0.0582. The highest BCUT2D eigenvalue weighted by atomic mass is 16.7. The van der Waals surface area contributed by atoms with E-state index >= 15 is 0 Å². The van der Waals surface area contributed by atoms with E-state index in [1.165, 1.54) is 6.07 Å². The summed E-state index contributed by atoms with van der Waals surface area (Å²) in [5, 5.41) is 9.10. The normalized spacial score (nSPS) is 10.2. The molecule has 0 amide bonds. The van der Waals surface area contributed by atoms with Gasteiger partial charge in [0.1, 0.15) is 6.61 Å². The van der Waals surface area contributed by atoms with E-state index in [0.29, 0.717) is 5.69 Å². The zero-order chi connectivity index (χ0) is 12.1. The number of aliphatic hydroxyl groups excluding tert-OH is 1. The minimum atomic E-state index is -0.285. The molecule has 0 fully saturated rings. The van der Waals surface area contributed by atoms with Crippen LogP contribution in [-0.4, -0.2) is 9.84 Å². The number of rotatable bonds is 4. The van der Waals surface area contributed by atoms with E-state index in [0.717, 1.165) is 10.3 Å². The van der Waals surface area contributed by atoms with Crippen LogP contribution in [0.2, 0.25) is 0 Å². The highest BCUT2D eigenvalue weighted by Gasteiger charge is 2.03. The van der Waals surface area contributed by atoms with Crippen molar-refractivity contribution in [2.24, 2.45) is 0 Å². The number of nitrogens with zero attached hydrogens (tertiary/aromatic N) is 1. The predicted octanol–water partition coefficient (Wildman–Crippen LogP) is 0.969. The molecule has 1 heterocycles. The number of pyridine rings is 1. The summed E-state index contributed by atoms with van der Waals surface area (Å²) in [6.07, 6.45) is 0. The minimum Gasteiger partial charge on any atom is -0.406 e. The van der Waals surface area contributed by atoms with Crippen LogP contribution in [0.4, 0.5) is 0 Å². The van der Waals surface area contributed by atoms with Crippen LogP contribution in [-0.2, 0) is 13.2 Å². The number of hydrogen-bond acceptors (Lipinski definition) is 3. The molecule has 17 heavy (non-hydrogen) atoms. The number of aliphatic hydroxyl groups is 1. The molecule has 1 aromatic carbocycles. The maximum Gasteiger partial charge on any atom is 0.283 e. The minimum absolute atomic E-state index is 0.231. The largest absolute Gasteiger partial charge is 0.406 e. The first kappa shape index (κ1) is 11.4. The van der Waals surface area contributed by atoms with Crippen molar-refractivity contribution in [2.75, 3.05) is 0 Å². The zero-order valence-electron chi connectivity index (χ0n) is 9.24. The monoisotopic (exact) mass is 231 g/mol. The van der Waals surface area contributed by atoms with Gasteiger partial charge in [0.05, 0.1) is 12.3 Å². The van der Waals surface area contributed by atoms with Crippen LogP contribution in [0.25, 0.3) is 0 Å². The topological polar surface area (TPSA) is 51.5 Å². The number of aromatic nitrogens is 1. The number of hydrogen-bond donors (Lipinski definition) is 1. The first-order valence-electron chi connectivity index (χ1n) is 5.30. The van der Waals surface area contributed by atoms with E-state index in [1.807, 2.05) is 30.3 Å². The van der Waals surface area contributed by atoms with Gasteiger partial charge in [-0.05, 0) is 11.6 Å². The van der Waals surface area contributed by atoms with E-state index in [2.05, 4.69) is 0 Å². The zero-order valence-corrected chi connectivity index (χ0v) is 9.24. The van der Waals surface area contributed by atoms with Gasteiger partial charge in [0.2, 0.25) is 0 Å². The van der Waals surface area contributed by atoms with Gasteiger partial charge in [-0.25, -0.2) is 0 Å². The lowest BCUT2D eigenvalue weighted by Gasteiger charge is -2.11. The van der Waals surface area contributed by atoms with Crippen molar-refractivity contribution >= 4 is 0 Å². The Labute approximate surface area is 98.7 Å². The van der Waals surface area contributed by atoms with Crippen LogP contribution in [0.15, 0.2) is 53.3 Å². The van der Waals surface area contributed by atoms with Crippen molar-refractivity contribution in [3.8, 4) is 0 Å². The van der Waals surface area contributed by atoms with Gasteiger partial charge in [-0.1, -0.05) is 36.4 Å². The van der Waals surface area contributed by atoms with Gasteiger partial charge in [0.15, 0.2) is 0 Å². The Balaban J connectivity index is 2.17. The first-order chi connectivity index (χ1) is 8.31. The van der Waals surface area contributed by atoms with Crippen LogP contribution in [0.3, 0.4) is 0 Å². The van der Waals surface area contributed by atoms with Gasteiger partial charge in [-0.3, -0.25) is 4.79 Å². The lowest BCUT2D eigenvalue weighted by atomic mass is 10.2. The lowest BCUT2D eigenvalue weighted by molar-refractivity contribution is 0.0729. The highest BCUT2D eigenvalue weighted by Crippen LogP contribution is 2.00. The fourth-order valence-corrected chi connectivity index (χ4v) is 1.50. The maximum atomic E-state index is 11.5. The fourth-order valence-electron chi connectivity index (χ4n) is 1.50. The van der Waals surface area contributed by atoms with Crippen molar-refractivity contribution in [1.82, 2.24) is 4.73 Å². The quantitative estimate of drug-likeness (QED) is 0.853. The summed E-state index contributed by atoms with van der Waals surface area (Å²) in [6, 6.07) is 14.2. The Morgan fingerprint density at radius 2 is 1.82 bits per heavy atom. The molecule has 2 rings (SSSR count). The second-order valence-electron chi connectivity index (χ2n) is 3.57. The van der Waals surface area contributed by atoms with Crippen molar-refractivity contribution in [3.63, 3.8) is 0 Å². The van der Waals surface area contributed by atoms with Crippen LogP contribution in [0.5, 0.6) is 0 Å². The molecule has 4 heteroatoms. The van der Waals surface area contributed by atoms with Crippen LogP contribution in [0, 0.1) is 0 Å². The van der Waals surface area contributed by atoms with Crippen molar-refractivity contribution in [3.05, 3.63) is 70.1 Å². The Bertz CT molecular complexity index is 534. The molecule has 88 valence electrons. The van der Waals surface area contributed by atoms with Crippen molar-refractivity contribution < 1.29 is 9.94 Å². The Hall–Kier alpha value is -2.07. The van der Waals surface area contributed by atoms with E-state index in [9.17, 15) is 4.79 Å². The second kappa shape index (κ2) is 5.32. The summed E-state index contributed by atoms with van der Waals surface area (Å²) < 4.78 is 1.12. The standard InChI is InChI=1S/C13H13NO3/c15-9-12-7-4-8-13(16)14(12)17-10-11-5-2-1-3-6-11/h1-8,15H,9-10H2. The number of benzene rings is 1. The molecule has 0 atom stereocenters. The molecular weight excluding hydrogens is 218 g/mol. The average molecular weight is 231 g/mol. The molecule has 0 aliphatic carbocycles. The van der Waals surface area contributed by atoms with Gasteiger partial charge in [-0.15, -0.1) is 4.73 Å². The van der Waals surface area contributed by atoms with Gasteiger partial charge < -0.3 is 9.94 Å². The molecule has 0 saturated carbocycles. The summed E-state index contributed by atoms with van der Waals surface area (Å²) in [7, 11) is 0. The second-order valence-corrected chi connectivity index (χ2v) is 3.57. The Morgan fingerprint density at radius 3 is 2.53 bits per heavy atom. The third-order valence-corrected chi connectivity index (χ3v) is 2.35. The molecule has 1 aromatic heterocycles. The molecule has 0 saturated heterocycles. The summed E-state index contributed by atoms with van der Waals surface area (Å²) in [4.78, 5) is 16.9. The highest BCUT2D eigenvalue weighted by molar-refractivity contribution is 5.13. The van der Waals surface area contributed by atoms with Gasteiger partial charge >= 0.3 is 0 Å². The van der Waals surface area contributed by atoms with Crippen LogP contribution < -0.4 is 10.4 Å². The first-order valence-corrected chi connectivity index (χ1v) is 5.30. The molecular formula is C13H13NO3. The van der Waals surface area contributed by atoms with Gasteiger partial charge in [-0.2, -0.15) is 0 Å². The molecule has 4 nitrogen and oxygen atoms in total. The SMILES string of the molecule is O=c1cccc(CO)n1OCc1ccccc1. The summed E-state index contributed by atoms with van der Waals surface area (Å²) in [5.74, 6) is 0. The van der Waals surface area contributed by atoms with Gasteiger partial charge in [0.25, 0.3) is 5.56 Å². The van der Waals surface area contributed by atoms with Gasteiger partial charge in [0, 0.05) is 6.07 Å². The van der Waals surface area contributed by atoms with E-state index < -0.39 is 0 Å². The molecule has 2 aromatic rings. The van der Waals surface area contributed by atoms with E-state index in [4.69, 9.17) is 9.94 Å². The molecule has 0 aliphatic rings. The molecule has 0 unspecified atom stereocenters. The molecule has 0 spiro atoms. The van der Waals surface area contributed by atoms with Crippen molar-refractivity contribution in [1.29, 1.82) is 0 Å². The molecule has 0 aliphatic heterocycles. The maximum absolute atomic E-state index is 11.5. The molecule has 0 radical (unpaired) electrons. The lowest BCUT2D eigenvalue weighted by Crippen LogP contribution is -2.28. The van der Waals surface area contributed by atoms with Crippen molar-refractivity contribution in [2.45, 2.75) is 13.2 Å². The van der Waals surface area contributed by atoms with E-state index in [1.54, 1.807) is 12.1 Å². The fraction of sp³-hybridized carbons (Fsp3) is 0.154. The summed E-state index contributed by atoms with van der Waals surface area (Å²) in [5.41, 5.74) is 1.12.